The Balaban J connectivity index is 0.674. The summed E-state index contributed by atoms with van der Waals surface area (Å²) in [5.74, 6) is -2.33. The van der Waals surface area contributed by atoms with Crippen LogP contribution in [0.3, 0.4) is 0 Å². The van der Waals surface area contributed by atoms with Crippen molar-refractivity contribution in [3.8, 4) is 26.7 Å². The third kappa shape index (κ3) is 11.8. The molecule has 2 saturated heterocycles. The average molecular weight is 1320 g/mol. The van der Waals surface area contributed by atoms with E-state index in [1.807, 2.05) is 48.5 Å². The summed E-state index contributed by atoms with van der Waals surface area (Å²) in [4.78, 5) is 88.3. The number of ether oxygens (including phenoxy) is 1. The van der Waals surface area contributed by atoms with E-state index in [1.54, 1.807) is 115 Å². The second kappa shape index (κ2) is 24.8. The Morgan fingerprint density at radius 1 is 0.649 bits per heavy atom. The molecular formula is C71H60F2N10O8S3. The number of nitrogens with one attached hydrogen (secondary N) is 3. The number of rotatable bonds is 13. The van der Waals surface area contributed by atoms with E-state index in [0.29, 0.717) is 87.5 Å². The van der Waals surface area contributed by atoms with Gasteiger partial charge in [0.15, 0.2) is 27.3 Å². The standard InChI is InChI=1S/C71H60F2N10O8S3/c1-41-10-8-13-52(72)61(41)78-67(85)57-34-47-24-28-81(55-15-6-4-11-50(55)63(47)92-57)69(87)45-22-20-44(21-23-45)66(84)77-54-33-43(36-74-65(54)80-39-71(40-80)26-30-91-31-27-71)32-46-19-18-42(2)62(60(46)73)79-68(86)58-35-48-25-29-82(56-16-7-5-12-51(56)64(48)93-58)70(88)53-14-9-17-59(76-53)83-38-49(37-75-83)94(3,89)90/h4-23,33-38H,24-32,39-40H2,1-3H3,(H,77,84)(H,78,85)(H,79,86). The summed E-state index contributed by atoms with van der Waals surface area (Å²) in [5.41, 5.74) is 7.92. The first kappa shape index (κ1) is 61.4. The molecule has 18 nitrogen and oxygen atoms in total. The summed E-state index contributed by atoms with van der Waals surface area (Å²) in [6.07, 6.45) is 8.05. The van der Waals surface area contributed by atoms with Crippen molar-refractivity contribution in [2.24, 2.45) is 5.41 Å². The number of carbonyl (C=O) groups is 5. The van der Waals surface area contributed by atoms with E-state index < -0.39 is 39.2 Å². The number of fused-ring (bicyclic) bond motifs is 6. The maximum atomic E-state index is 17.0. The van der Waals surface area contributed by atoms with Crippen LogP contribution in [0.25, 0.3) is 26.7 Å². The lowest BCUT2D eigenvalue weighted by molar-refractivity contribution is -0.000410. The second-order valence-corrected chi connectivity index (χ2v) is 28.2. The summed E-state index contributed by atoms with van der Waals surface area (Å²) < 4.78 is 63.0. The topological polar surface area (TPSA) is 218 Å². The lowest BCUT2D eigenvalue weighted by Gasteiger charge is -2.53. The first-order valence-electron chi connectivity index (χ1n) is 30.5. The van der Waals surface area contributed by atoms with Crippen LogP contribution < -0.4 is 30.7 Å². The zero-order valence-electron chi connectivity index (χ0n) is 51.2. The van der Waals surface area contributed by atoms with E-state index in [-0.39, 0.29) is 69.1 Å². The number of nitrogens with zero attached hydrogens (tertiary/aromatic N) is 7. The van der Waals surface area contributed by atoms with Gasteiger partial charge in [0, 0.05) is 95.7 Å². The van der Waals surface area contributed by atoms with Gasteiger partial charge in [-0.15, -0.1) is 22.7 Å². The first-order valence-corrected chi connectivity index (χ1v) is 34.1. The van der Waals surface area contributed by atoms with Gasteiger partial charge in [-0.2, -0.15) is 5.10 Å². The zero-order chi connectivity index (χ0) is 65.2. The highest BCUT2D eigenvalue weighted by molar-refractivity contribution is 7.90. The lowest BCUT2D eigenvalue weighted by Crippen LogP contribution is -2.59. The summed E-state index contributed by atoms with van der Waals surface area (Å²) in [6, 6.07) is 39.7. The molecule has 0 bridgehead atoms. The number of hydrogen-bond acceptors (Lipinski definition) is 14. The van der Waals surface area contributed by atoms with Gasteiger partial charge in [-0.05, 0) is 146 Å². The lowest BCUT2D eigenvalue weighted by atomic mass is 9.73. The number of halogens is 2. The summed E-state index contributed by atoms with van der Waals surface area (Å²) >= 11 is 2.53. The molecule has 474 valence electrons. The number of carbonyl (C=O) groups excluding carboxylic acids is 5. The molecule has 14 rings (SSSR count). The van der Waals surface area contributed by atoms with E-state index in [0.717, 1.165) is 64.2 Å². The zero-order valence-corrected chi connectivity index (χ0v) is 53.6. The molecule has 0 saturated carbocycles. The fraction of sp³-hybridized carbons (Fsp3) is 0.211. The van der Waals surface area contributed by atoms with Gasteiger partial charge in [0.25, 0.3) is 29.5 Å². The third-order valence-electron chi connectivity index (χ3n) is 17.8. The Labute approximate surface area is 547 Å². The molecule has 0 atom stereocenters. The van der Waals surface area contributed by atoms with Crippen LogP contribution in [-0.2, 0) is 33.8 Å². The van der Waals surface area contributed by atoms with Gasteiger partial charge in [0.2, 0.25) is 0 Å². The predicted octanol–water partition coefficient (Wildman–Crippen LogP) is 12.8. The number of aromatic nitrogens is 4. The van der Waals surface area contributed by atoms with Crippen molar-refractivity contribution in [2.75, 3.05) is 76.3 Å². The van der Waals surface area contributed by atoms with Crippen LogP contribution in [0.2, 0.25) is 0 Å². The summed E-state index contributed by atoms with van der Waals surface area (Å²) in [6.45, 7) is 6.78. The van der Waals surface area contributed by atoms with E-state index >= 15 is 4.39 Å². The monoisotopic (exact) mass is 1310 g/mol. The molecule has 0 unspecified atom stereocenters. The van der Waals surface area contributed by atoms with Gasteiger partial charge in [0.05, 0.1) is 50.6 Å². The molecule has 1 spiro atoms. The molecule has 9 heterocycles. The fourth-order valence-corrected chi connectivity index (χ4v) is 15.5. The minimum Gasteiger partial charge on any atom is -0.381 e. The van der Waals surface area contributed by atoms with Crippen LogP contribution in [0, 0.1) is 30.9 Å². The van der Waals surface area contributed by atoms with Crippen LogP contribution in [-0.4, -0.2) is 103 Å². The molecule has 0 radical (unpaired) electrons. The summed E-state index contributed by atoms with van der Waals surface area (Å²) in [5, 5.41) is 12.9. The highest BCUT2D eigenvalue weighted by Gasteiger charge is 2.45. The third-order valence-corrected chi connectivity index (χ3v) is 21.3. The summed E-state index contributed by atoms with van der Waals surface area (Å²) in [7, 11) is -3.52. The molecule has 10 aromatic rings. The van der Waals surface area contributed by atoms with Crippen molar-refractivity contribution in [3.05, 3.63) is 230 Å². The number of amides is 5. The number of hydrogen-bond donors (Lipinski definition) is 3. The number of thiophene rings is 2. The van der Waals surface area contributed by atoms with E-state index in [9.17, 15) is 36.8 Å². The molecule has 23 heteroatoms. The Kier molecular flexibility index (Phi) is 16.2. The van der Waals surface area contributed by atoms with Crippen LogP contribution in [0.5, 0.6) is 0 Å². The Hall–Kier alpha value is -10.1. The molecule has 2 fully saturated rings. The molecule has 3 N–H and O–H groups in total. The highest BCUT2D eigenvalue weighted by Crippen LogP contribution is 2.46. The Bertz CT molecular complexity index is 4840. The van der Waals surface area contributed by atoms with Crippen molar-refractivity contribution < 1.29 is 45.9 Å². The number of para-hydroxylation sites is 3. The molecule has 4 aliphatic rings. The molecular weight excluding hydrogens is 1260 g/mol. The quantitative estimate of drug-likeness (QED) is 0.0982. The number of aryl methyl sites for hydroxylation is 2. The first-order chi connectivity index (χ1) is 45.3. The average Bonchev–Trinajstić information content (AvgIpc) is 1.70. The van der Waals surface area contributed by atoms with Crippen molar-refractivity contribution in [1.29, 1.82) is 0 Å². The fourth-order valence-electron chi connectivity index (χ4n) is 12.7. The van der Waals surface area contributed by atoms with Crippen LogP contribution in [0.15, 0.2) is 163 Å². The maximum absolute atomic E-state index is 17.0. The van der Waals surface area contributed by atoms with Gasteiger partial charge >= 0.3 is 0 Å². The van der Waals surface area contributed by atoms with E-state index in [1.165, 1.54) is 45.8 Å². The van der Waals surface area contributed by atoms with Crippen LogP contribution >= 0.6 is 22.7 Å². The minimum absolute atomic E-state index is 0.0145. The highest BCUT2D eigenvalue weighted by atomic mass is 32.2. The van der Waals surface area contributed by atoms with E-state index in [2.05, 4.69) is 30.9 Å². The largest absolute Gasteiger partial charge is 0.381 e. The molecule has 5 aromatic carbocycles. The van der Waals surface area contributed by atoms with Gasteiger partial charge in [-0.1, -0.05) is 66.7 Å². The van der Waals surface area contributed by atoms with Crippen LogP contribution in [0.1, 0.15) is 96.8 Å². The SMILES string of the molecule is Cc1cccc(F)c1NC(=O)c1cc2c(s1)-c1ccccc1N(C(=O)c1ccc(C(=O)Nc3cc(Cc4ccc(C)c(NC(=O)c5cc6c(s5)-c5ccccc5N(C(=O)c5cccc(-n7cc(S(C)(=O)=O)cn7)n5)CC6)c4F)cnc3N3CC4(CCOCC4)C3)cc1)CC2. The number of pyridine rings is 2. The Morgan fingerprint density at radius 2 is 1.26 bits per heavy atom. The molecule has 4 aliphatic heterocycles. The van der Waals surface area contributed by atoms with Gasteiger partial charge in [-0.3, -0.25) is 24.0 Å². The van der Waals surface area contributed by atoms with Crippen molar-refractivity contribution in [3.63, 3.8) is 0 Å². The predicted molar refractivity (Wildman–Crippen MR) is 359 cm³/mol. The van der Waals surface area contributed by atoms with Gasteiger partial charge in [0.1, 0.15) is 16.4 Å². The molecule has 5 aromatic heterocycles. The minimum atomic E-state index is -3.52. The van der Waals surface area contributed by atoms with Crippen molar-refractivity contribution in [2.45, 2.75) is 50.8 Å². The van der Waals surface area contributed by atoms with Gasteiger partial charge < -0.3 is 35.4 Å². The van der Waals surface area contributed by atoms with Gasteiger partial charge in [-0.25, -0.2) is 31.8 Å². The molecule has 0 aliphatic carbocycles. The number of sulfone groups is 1. The molecule has 5 amide bonds. The smallest absolute Gasteiger partial charge is 0.276 e. The maximum Gasteiger partial charge on any atom is 0.276 e. The second-order valence-electron chi connectivity index (χ2n) is 24.1. The number of benzene rings is 5. The Morgan fingerprint density at radius 3 is 1.89 bits per heavy atom. The van der Waals surface area contributed by atoms with Crippen molar-refractivity contribution in [1.82, 2.24) is 19.7 Å². The van der Waals surface area contributed by atoms with E-state index in [4.69, 9.17) is 9.72 Å². The number of anilines is 6. The van der Waals surface area contributed by atoms with Crippen molar-refractivity contribution >= 4 is 96.3 Å². The normalized spacial score (nSPS) is 14.8. The van der Waals surface area contributed by atoms with Crippen LogP contribution in [0.4, 0.5) is 43.0 Å². The molecule has 94 heavy (non-hydrogen) atoms.